The van der Waals surface area contributed by atoms with E-state index in [4.69, 9.17) is 8.83 Å². The van der Waals surface area contributed by atoms with Gasteiger partial charge < -0.3 is 14.2 Å². The summed E-state index contributed by atoms with van der Waals surface area (Å²) in [6.45, 7) is 5.61. The fraction of sp³-hybridized carbons (Fsp3) is 0.200. The summed E-state index contributed by atoms with van der Waals surface area (Å²) in [5.74, 6) is 1.04. The van der Waals surface area contributed by atoms with Crippen LogP contribution in [0, 0.1) is 20.8 Å². The van der Waals surface area contributed by atoms with Crippen molar-refractivity contribution in [2.75, 3.05) is 11.1 Å². The molecule has 9 heteroatoms. The van der Waals surface area contributed by atoms with Crippen molar-refractivity contribution in [3.05, 3.63) is 59.8 Å². The van der Waals surface area contributed by atoms with Crippen LogP contribution in [0.4, 0.5) is 5.69 Å². The van der Waals surface area contributed by atoms with Crippen molar-refractivity contribution in [1.82, 2.24) is 20.0 Å². The van der Waals surface area contributed by atoms with E-state index < -0.39 is 0 Å². The number of anilines is 1. The number of thioether (sulfide) groups is 1. The molecule has 0 saturated carbocycles. The Bertz CT molecular complexity index is 1150. The van der Waals surface area contributed by atoms with E-state index in [9.17, 15) is 4.79 Å². The summed E-state index contributed by atoms with van der Waals surface area (Å²) in [5.41, 5.74) is 4.01. The lowest BCUT2D eigenvalue weighted by Gasteiger charge is -2.06. The number of carbonyl (C=O) groups excluding carboxylic acids is 1. The van der Waals surface area contributed by atoms with Crippen molar-refractivity contribution in [1.29, 1.82) is 0 Å². The Kier molecular flexibility index (Phi) is 5.22. The van der Waals surface area contributed by atoms with Crippen LogP contribution in [0.25, 0.3) is 17.1 Å². The van der Waals surface area contributed by atoms with E-state index in [1.807, 2.05) is 55.8 Å². The minimum Gasteiger partial charge on any atom is -0.469 e. The summed E-state index contributed by atoms with van der Waals surface area (Å²) >= 11 is 1.18. The molecular weight excluding hydrogens is 390 g/mol. The highest BCUT2D eigenvalue weighted by molar-refractivity contribution is 7.99. The van der Waals surface area contributed by atoms with Crippen LogP contribution in [0.5, 0.6) is 0 Å². The summed E-state index contributed by atoms with van der Waals surface area (Å²) in [6, 6.07) is 11.5. The number of hydrogen-bond acceptors (Lipinski definition) is 7. The van der Waals surface area contributed by atoms with Crippen molar-refractivity contribution < 1.29 is 13.6 Å². The van der Waals surface area contributed by atoms with Crippen LogP contribution < -0.4 is 5.32 Å². The topological polar surface area (TPSA) is 99.0 Å². The highest BCUT2D eigenvalue weighted by Gasteiger charge is 2.17. The van der Waals surface area contributed by atoms with Gasteiger partial charge in [0.15, 0.2) is 0 Å². The lowest BCUT2D eigenvalue weighted by atomic mass is 10.3. The molecule has 3 heterocycles. The first kappa shape index (κ1) is 19.0. The molecule has 1 aromatic carbocycles. The number of hydrogen-bond donors (Lipinski definition) is 1. The zero-order valence-electron chi connectivity index (χ0n) is 16.2. The minimum atomic E-state index is -0.173. The Morgan fingerprint density at radius 2 is 1.93 bits per heavy atom. The Morgan fingerprint density at radius 3 is 2.66 bits per heavy atom. The lowest BCUT2D eigenvalue weighted by Crippen LogP contribution is -2.15. The van der Waals surface area contributed by atoms with Gasteiger partial charge in [0.2, 0.25) is 5.91 Å². The van der Waals surface area contributed by atoms with Gasteiger partial charge >= 0.3 is 0 Å². The van der Waals surface area contributed by atoms with E-state index in [0.717, 1.165) is 22.6 Å². The van der Waals surface area contributed by atoms with Gasteiger partial charge in [0.05, 0.1) is 40.3 Å². The van der Waals surface area contributed by atoms with E-state index in [-0.39, 0.29) is 11.7 Å². The fourth-order valence-electron chi connectivity index (χ4n) is 2.93. The maximum Gasteiger partial charge on any atom is 0.277 e. The number of furan rings is 1. The highest BCUT2D eigenvalue weighted by atomic mass is 32.2. The third-order valence-corrected chi connectivity index (χ3v) is 5.20. The van der Waals surface area contributed by atoms with Gasteiger partial charge in [-0.05, 0) is 39.0 Å². The van der Waals surface area contributed by atoms with E-state index in [2.05, 4.69) is 20.6 Å². The van der Waals surface area contributed by atoms with Gasteiger partial charge in [0, 0.05) is 0 Å². The van der Waals surface area contributed by atoms with Crippen LogP contribution in [0.2, 0.25) is 0 Å². The largest absolute Gasteiger partial charge is 0.469 e. The monoisotopic (exact) mass is 409 g/mol. The lowest BCUT2D eigenvalue weighted by molar-refractivity contribution is -0.113. The maximum atomic E-state index is 12.5. The maximum absolute atomic E-state index is 12.5. The van der Waals surface area contributed by atoms with Crippen LogP contribution in [-0.4, -0.2) is 31.6 Å². The molecule has 0 unspecified atom stereocenters. The molecule has 0 bridgehead atoms. The molecule has 0 saturated heterocycles. The number of nitrogens with one attached hydrogen (secondary N) is 1. The third kappa shape index (κ3) is 3.95. The van der Waals surface area contributed by atoms with Crippen LogP contribution >= 0.6 is 11.8 Å². The molecular formula is C20H19N5O3S. The molecule has 0 spiro atoms. The number of amides is 1. The molecule has 0 fully saturated rings. The number of aryl methyl sites for hydroxylation is 2. The van der Waals surface area contributed by atoms with E-state index in [0.29, 0.717) is 22.6 Å². The van der Waals surface area contributed by atoms with Gasteiger partial charge in [-0.1, -0.05) is 30.0 Å². The Labute approximate surface area is 171 Å². The second-order valence-corrected chi connectivity index (χ2v) is 7.32. The zero-order valence-corrected chi connectivity index (χ0v) is 17.0. The molecule has 0 aliphatic rings. The standard InChI is InChI=1S/C20H19N5O3S/c1-12-18(13(2)25(24-12)15-7-5-4-6-8-15)21-17(26)11-29-20-23-22-19(28-20)16-9-10-27-14(16)3/h4-10H,11H2,1-3H3,(H,21,26). The van der Waals surface area contributed by atoms with Crippen molar-refractivity contribution in [2.45, 2.75) is 26.0 Å². The molecule has 8 nitrogen and oxygen atoms in total. The summed E-state index contributed by atoms with van der Waals surface area (Å²) in [7, 11) is 0. The molecule has 4 aromatic rings. The van der Waals surface area contributed by atoms with Gasteiger partial charge in [-0.15, -0.1) is 10.2 Å². The van der Waals surface area contributed by atoms with Crippen LogP contribution in [0.1, 0.15) is 17.1 Å². The number of rotatable bonds is 6. The van der Waals surface area contributed by atoms with Gasteiger partial charge in [0.25, 0.3) is 11.1 Å². The first-order valence-electron chi connectivity index (χ1n) is 8.95. The molecule has 4 rings (SSSR count). The second kappa shape index (κ2) is 7.96. The molecule has 0 atom stereocenters. The number of benzene rings is 1. The van der Waals surface area contributed by atoms with Gasteiger partial charge in [-0.25, -0.2) is 4.68 Å². The summed E-state index contributed by atoms with van der Waals surface area (Å²) < 4.78 is 12.7. The van der Waals surface area contributed by atoms with Crippen molar-refractivity contribution in [3.8, 4) is 17.1 Å². The van der Waals surface area contributed by atoms with Crippen LogP contribution in [0.3, 0.4) is 0 Å². The molecule has 148 valence electrons. The smallest absolute Gasteiger partial charge is 0.277 e. The molecule has 3 aromatic heterocycles. The first-order chi connectivity index (χ1) is 14.0. The number of carbonyl (C=O) groups is 1. The Hall–Kier alpha value is -3.33. The van der Waals surface area contributed by atoms with Crippen LogP contribution in [-0.2, 0) is 4.79 Å². The predicted octanol–water partition coefficient (Wildman–Crippen LogP) is 4.17. The average molecular weight is 409 g/mol. The molecule has 1 amide bonds. The van der Waals surface area contributed by atoms with E-state index >= 15 is 0 Å². The van der Waals surface area contributed by atoms with E-state index in [1.54, 1.807) is 12.3 Å². The molecule has 0 aliphatic heterocycles. The van der Waals surface area contributed by atoms with Crippen molar-refractivity contribution in [2.24, 2.45) is 0 Å². The molecule has 0 aliphatic carbocycles. The summed E-state index contributed by atoms with van der Waals surface area (Å²) in [4.78, 5) is 12.5. The molecule has 1 N–H and O–H groups in total. The number of nitrogens with zero attached hydrogens (tertiary/aromatic N) is 4. The summed E-state index contributed by atoms with van der Waals surface area (Å²) in [5, 5.41) is 15.8. The van der Waals surface area contributed by atoms with Crippen LogP contribution in [0.15, 0.2) is 56.7 Å². The van der Waals surface area contributed by atoms with Gasteiger partial charge in [-0.3, -0.25) is 4.79 Å². The Morgan fingerprint density at radius 1 is 1.14 bits per heavy atom. The Balaban J connectivity index is 1.41. The van der Waals surface area contributed by atoms with Crippen molar-refractivity contribution >= 4 is 23.4 Å². The number of aromatic nitrogens is 4. The van der Waals surface area contributed by atoms with Crippen molar-refractivity contribution in [3.63, 3.8) is 0 Å². The quantitative estimate of drug-likeness (QED) is 0.477. The minimum absolute atomic E-state index is 0.140. The molecule has 29 heavy (non-hydrogen) atoms. The second-order valence-electron chi connectivity index (χ2n) is 6.39. The highest BCUT2D eigenvalue weighted by Crippen LogP contribution is 2.27. The number of para-hydroxylation sites is 1. The first-order valence-corrected chi connectivity index (χ1v) is 9.93. The average Bonchev–Trinajstić information content (AvgIpc) is 3.42. The predicted molar refractivity (Wildman–Crippen MR) is 109 cm³/mol. The summed E-state index contributed by atoms with van der Waals surface area (Å²) in [6.07, 6.45) is 1.56. The van der Waals surface area contributed by atoms with Gasteiger partial charge in [0.1, 0.15) is 5.76 Å². The third-order valence-electron chi connectivity index (χ3n) is 4.38. The normalized spacial score (nSPS) is 11.0. The zero-order chi connectivity index (χ0) is 20.4. The van der Waals surface area contributed by atoms with Gasteiger partial charge in [-0.2, -0.15) is 5.10 Å². The van der Waals surface area contributed by atoms with E-state index in [1.165, 1.54) is 11.8 Å². The SMILES string of the molecule is Cc1nn(-c2ccccc2)c(C)c1NC(=O)CSc1nnc(-c2ccoc2C)o1. The fourth-order valence-corrected chi connectivity index (χ4v) is 3.49. The molecule has 0 radical (unpaired) electrons.